The number of benzene rings is 2. The molecule has 0 aliphatic carbocycles. The molecule has 2 aromatic carbocycles. The molecule has 0 fully saturated rings. The van der Waals surface area contributed by atoms with E-state index in [1.54, 1.807) is 31.2 Å². The van der Waals surface area contributed by atoms with Crippen LogP contribution in [0, 0.1) is 18.6 Å². The van der Waals surface area contributed by atoms with E-state index in [0.29, 0.717) is 17.0 Å². The summed E-state index contributed by atoms with van der Waals surface area (Å²) in [6.45, 7) is 1.59. The fourth-order valence-corrected chi connectivity index (χ4v) is 2.40. The maximum Gasteiger partial charge on any atom is 0.133 e. The number of hydrogen-bond donors (Lipinski definition) is 0. The van der Waals surface area contributed by atoms with Crippen molar-refractivity contribution in [1.82, 2.24) is 0 Å². The number of halogens is 4. The fraction of sp³-hybridized carbons (Fsp3) is 0.200. The van der Waals surface area contributed by atoms with Crippen molar-refractivity contribution >= 4 is 23.2 Å². The molecular formula is C15H12Cl2F2. The Morgan fingerprint density at radius 2 is 1.68 bits per heavy atom. The molecule has 0 spiro atoms. The number of aryl methyl sites for hydroxylation is 1. The van der Waals surface area contributed by atoms with Crippen molar-refractivity contribution in [3.05, 3.63) is 69.7 Å². The Balaban J connectivity index is 2.27. The standard InChI is InChI=1S/C15H12Cl2F2/c1-9-2-7-13(18)14(15(9)19)12(17)8-10-3-5-11(16)6-4-10/h2-7,12H,8H2,1H3. The SMILES string of the molecule is Cc1ccc(F)c(C(Cl)Cc2ccc(Cl)cc2)c1F. The van der Waals surface area contributed by atoms with Gasteiger partial charge in [-0.15, -0.1) is 11.6 Å². The van der Waals surface area contributed by atoms with E-state index in [4.69, 9.17) is 23.2 Å². The molecule has 2 aromatic rings. The van der Waals surface area contributed by atoms with E-state index in [2.05, 4.69) is 0 Å². The highest BCUT2D eigenvalue weighted by molar-refractivity contribution is 6.30. The molecule has 0 amide bonds. The van der Waals surface area contributed by atoms with E-state index < -0.39 is 17.0 Å². The average molecular weight is 301 g/mol. The molecule has 0 nitrogen and oxygen atoms in total. The Bertz CT molecular complexity index is 579. The van der Waals surface area contributed by atoms with E-state index in [0.717, 1.165) is 5.56 Å². The zero-order valence-corrected chi connectivity index (χ0v) is 11.8. The molecule has 0 aliphatic heterocycles. The molecule has 1 unspecified atom stereocenters. The summed E-state index contributed by atoms with van der Waals surface area (Å²) >= 11 is 11.9. The highest BCUT2D eigenvalue weighted by Crippen LogP contribution is 2.31. The molecule has 0 heterocycles. The number of hydrogen-bond acceptors (Lipinski definition) is 0. The van der Waals surface area contributed by atoms with Gasteiger partial charge in [0.25, 0.3) is 0 Å². The molecule has 19 heavy (non-hydrogen) atoms. The Morgan fingerprint density at radius 3 is 2.32 bits per heavy atom. The average Bonchev–Trinajstić information content (AvgIpc) is 2.37. The monoisotopic (exact) mass is 300 g/mol. The summed E-state index contributed by atoms with van der Waals surface area (Å²) < 4.78 is 27.6. The smallest absolute Gasteiger partial charge is 0.133 e. The topological polar surface area (TPSA) is 0 Å². The number of alkyl halides is 1. The summed E-state index contributed by atoms with van der Waals surface area (Å²) in [4.78, 5) is 0. The zero-order valence-electron chi connectivity index (χ0n) is 10.3. The molecule has 0 radical (unpaired) electrons. The molecular weight excluding hydrogens is 289 g/mol. The predicted octanol–water partition coefficient (Wildman–Crippen LogP) is 5.45. The lowest BCUT2D eigenvalue weighted by molar-refractivity contribution is 0.545. The van der Waals surface area contributed by atoms with Crippen LogP contribution in [0.3, 0.4) is 0 Å². The molecule has 2 rings (SSSR count). The lowest BCUT2D eigenvalue weighted by Gasteiger charge is -2.13. The molecule has 0 aromatic heterocycles. The lowest BCUT2D eigenvalue weighted by atomic mass is 10.0. The van der Waals surface area contributed by atoms with Gasteiger partial charge >= 0.3 is 0 Å². The van der Waals surface area contributed by atoms with Crippen molar-refractivity contribution in [2.24, 2.45) is 0 Å². The molecule has 1 atom stereocenters. The van der Waals surface area contributed by atoms with Crippen LogP contribution in [-0.2, 0) is 6.42 Å². The summed E-state index contributed by atoms with van der Waals surface area (Å²) in [5.74, 6) is -1.19. The van der Waals surface area contributed by atoms with Crippen molar-refractivity contribution in [3.63, 3.8) is 0 Å². The van der Waals surface area contributed by atoms with Gasteiger partial charge in [0.15, 0.2) is 0 Å². The molecule has 100 valence electrons. The van der Waals surface area contributed by atoms with Gasteiger partial charge in [-0.3, -0.25) is 0 Å². The Hall–Kier alpha value is -1.12. The van der Waals surface area contributed by atoms with Crippen molar-refractivity contribution < 1.29 is 8.78 Å². The quantitative estimate of drug-likeness (QED) is 0.661. The van der Waals surface area contributed by atoms with Gasteiger partial charge in [-0.1, -0.05) is 29.8 Å². The van der Waals surface area contributed by atoms with E-state index >= 15 is 0 Å². The summed E-state index contributed by atoms with van der Waals surface area (Å²) in [6.07, 6.45) is 0.343. The van der Waals surface area contributed by atoms with Gasteiger partial charge in [0, 0.05) is 10.6 Å². The molecule has 0 N–H and O–H groups in total. The van der Waals surface area contributed by atoms with E-state index in [1.165, 1.54) is 12.1 Å². The predicted molar refractivity (Wildman–Crippen MR) is 74.8 cm³/mol. The minimum atomic E-state index is -0.749. The maximum absolute atomic E-state index is 13.9. The Kier molecular flexibility index (Phi) is 4.43. The summed E-state index contributed by atoms with van der Waals surface area (Å²) in [6, 6.07) is 9.69. The molecule has 0 bridgehead atoms. The maximum atomic E-state index is 13.9. The third kappa shape index (κ3) is 3.26. The first-order chi connectivity index (χ1) is 8.99. The van der Waals surface area contributed by atoms with Gasteiger partial charge in [0.1, 0.15) is 11.6 Å². The number of rotatable bonds is 3. The highest BCUT2D eigenvalue weighted by atomic mass is 35.5. The Labute approximate surface area is 121 Å². The van der Waals surface area contributed by atoms with E-state index in [9.17, 15) is 8.78 Å². The minimum Gasteiger partial charge on any atom is -0.207 e. The second-order valence-electron chi connectivity index (χ2n) is 4.39. The van der Waals surface area contributed by atoms with Crippen LogP contribution in [0.25, 0.3) is 0 Å². The Morgan fingerprint density at radius 1 is 1.05 bits per heavy atom. The molecule has 0 saturated heterocycles. The van der Waals surface area contributed by atoms with Gasteiger partial charge in [0.2, 0.25) is 0 Å². The van der Waals surface area contributed by atoms with Gasteiger partial charge in [-0.2, -0.15) is 0 Å². The molecule has 0 saturated carbocycles. The minimum absolute atomic E-state index is 0.0726. The first kappa shape index (κ1) is 14.3. The second-order valence-corrected chi connectivity index (χ2v) is 5.35. The second kappa shape index (κ2) is 5.89. The third-order valence-corrected chi connectivity index (χ3v) is 3.59. The van der Waals surface area contributed by atoms with E-state index in [1.807, 2.05) is 0 Å². The first-order valence-corrected chi connectivity index (χ1v) is 6.63. The van der Waals surface area contributed by atoms with Crippen LogP contribution in [0.15, 0.2) is 36.4 Å². The van der Waals surface area contributed by atoms with Crippen LogP contribution in [0.5, 0.6) is 0 Å². The van der Waals surface area contributed by atoms with Crippen LogP contribution < -0.4 is 0 Å². The first-order valence-electron chi connectivity index (χ1n) is 5.82. The lowest BCUT2D eigenvalue weighted by Crippen LogP contribution is -2.04. The zero-order chi connectivity index (χ0) is 14.0. The van der Waals surface area contributed by atoms with E-state index in [-0.39, 0.29) is 5.56 Å². The summed E-state index contributed by atoms with van der Waals surface area (Å²) in [7, 11) is 0. The third-order valence-electron chi connectivity index (χ3n) is 2.96. The van der Waals surface area contributed by atoms with Crippen LogP contribution in [0.2, 0.25) is 5.02 Å². The largest absolute Gasteiger partial charge is 0.207 e. The fourth-order valence-electron chi connectivity index (χ4n) is 1.89. The van der Waals surface area contributed by atoms with Crippen LogP contribution in [-0.4, -0.2) is 0 Å². The van der Waals surface area contributed by atoms with Crippen LogP contribution >= 0.6 is 23.2 Å². The molecule has 0 aliphatic rings. The van der Waals surface area contributed by atoms with Crippen LogP contribution in [0.1, 0.15) is 22.1 Å². The van der Waals surface area contributed by atoms with Gasteiger partial charge in [-0.05, 0) is 42.7 Å². The van der Waals surface area contributed by atoms with Crippen molar-refractivity contribution in [2.45, 2.75) is 18.7 Å². The van der Waals surface area contributed by atoms with Crippen molar-refractivity contribution in [2.75, 3.05) is 0 Å². The summed E-state index contributed by atoms with van der Waals surface area (Å²) in [5, 5.41) is -0.135. The normalized spacial score (nSPS) is 12.5. The van der Waals surface area contributed by atoms with Gasteiger partial charge < -0.3 is 0 Å². The van der Waals surface area contributed by atoms with Gasteiger partial charge in [0.05, 0.1) is 5.38 Å². The van der Waals surface area contributed by atoms with Crippen LogP contribution in [0.4, 0.5) is 8.78 Å². The van der Waals surface area contributed by atoms with Gasteiger partial charge in [-0.25, -0.2) is 8.78 Å². The summed E-state index contributed by atoms with van der Waals surface area (Å²) in [5.41, 5.74) is 1.19. The highest BCUT2D eigenvalue weighted by Gasteiger charge is 2.20. The van der Waals surface area contributed by atoms with Crippen molar-refractivity contribution in [1.29, 1.82) is 0 Å². The van der Waals surface area contributed by atoms with Crippen molar-refractivity contribution in [3.8, 4) is 0 Å². The molecule has 4 heteroatoms.